The minimum atomic E-state index is -0.722. The third-order valence-electron chi connectivity index (χ3n) is 6.67. The van der Waals surface area contributed by atoms with Gasteiger partial charge in [-0.15, -0.1) is 0 Å². The van der Waals surface area contributed by atoms with Crippen molar-refractivity contribution in [3.05, 3.63) is 83.2 Å². The van der Waals surface area contributed by atoms with Crippen molar-refractivity contribution in [1.82, 2.24) is 14.7 Å². The fraction of sp³-hybridized carbons (Fsp3) is 0.370. The van der Waals surface area contributed by atoms with Crippen molar-refractivity contribution in [2.24, 2.45) is 0 Å². The molecular weight excluding hydrogens is 414 g/mol. The highest BCUT2D eigenvalue weighted by atomic mass is 16.5. The van der Waals surface area contributed by atoms with Crippen LogP contribution in [-0.2, 0) is 14.9 Å². The van der Waals surface area contributed by atoms with Crippen molar-refractivity contribution in [3.8, 4) is 5.69 Å². The molecular formula is C27H31N3O3. The molecule has 1 fully saturated rings. The fourth-order valence-corrected chi connectivity index (χ4v) is 4.80. The number of aromatic nitrogens is 2. The molecule has 33 heavy (non-hydrogen) atoms. The van der Waals surface area contributed by atoms with Gasteiger partial charge in [-0.25, -0.2) is 4.68 Å². The van der Waals surface area contributed by atoms with E-state index in [0.29, 0.717) is 31.5 Å². The molecule has 0 radical (unpaired) electrons. The van der Waals surface area contributed by atoms with Crippen molar-refractivity contribution in [2.45, 2.75) is 44.9 Å². The van der Waals surface area contributed by atoms with Gasteiger partial charge in [0.15, 0.2) is 0 Å². The van der Waals surface area contributed by atoms with Crippen molar-refractivity contribution < 1.29 is 14.3 Å². The van der Waals surface area contributed by atoms with Gasteiger partial charge in [-0.1, -0.05) is 61.9 Å². The predicted molar refractivity (Wildman–Crippen MR) is 128 cm³/mol. The van der Waals surface area contributed by atoms with Gasteiger partial charge in [-0.3, -0.25) is 9.59 Å². The van der Waals surface area contributed by atoms with E-state index in [1.54, 1.807) is 6.20 Å². The molecule has 0 unspecified atom stereocenters. The van der Waals surface area contributed by atoms with Crippen LogP contribution in [0.25, 0.3) is 5.69 Å². The molecule has 6 heteroatoms. The first-order valence-electron chi connectivity index (χ1n) is 11.5. The van der Waals surface area contributed by atoms with Crippen molar-refractivity contribution in [3.63, 3.8) is 0 Å². The van der Waals surface area contributed by atoms with Crippen LogP contribution in [0, 0.1) is 6.92 Å². The molecule has 0 spiro atoms. The minimum absolute atomic E-state index is 0.0383. The van der Waals surface area contributed by atoms with Gasteiger partial charge in [0.2, 0.25) is 0 Å². The summed E-state index contributed by atoms with van der Waals surface area (Å²) in [4.78, 5) is 28.2. The number of methoxy groups -OCH3 is 1. The summed E-state index contributed by atoms with van der Waals surface area (Å²) < 4.78 is 7.05. The third-order valence-corrected chi connectivity index (χ3v) is 6.67. The Kier molecular flexibility index (Phi) is 6.36. The van der Waals surface area contributed by atoms with Crippen molar-refractivity contribution in [1.29, 1.82) is 0 Å². The third kappa shape index (κ3) is 4.17. The van der Waals surface area contributed by atoms with Crippen LogP contribution < -0.4 is 0 Å². The van der Waals surface area contributed by atoms with Gasteiger partial charge in [-0.05, 0) is 43.4 Å². The van der Waals surface area contributed by atoms with Crippen LogP contribution >= 0.6 is 0 Å². The molecule has 1 saturated heterocycles. The molecule has 6 nitrogen and oxygen atoms in total. The number of benzene rings is 2. The van der Waals surface area contributed by atoms with Crippen LogP contribution in [0.2, 0.25) is 0 Å². The maximum Gasteiger partial charge on any atom is 0.316 e. The van der Waals surface area contributed by atoms with Gasteiger partial charge < -0.3 is 9.64 Å². The Labute approximate surface area is 195 Å². The molecule has 0 bridgehead atoms. The number of carbonyl (C=O) groups excluding carboxylic acids is 2. The second-order valence-electron chi connectivity index (χ2n) is 9.08. The van der Waals surface area contributed by atoms with E-state index in [2.05, 4.69) is 18.9 Å². The molecule has 0 atom stereocenters. The summed E-state index contributed by atoms with van der Waals surface area (Å²) in [5.74, 6) is -0.157. The van der Waals surface area contributed by atoms with Crippen LogP contribution in [0.4, 0.5) is 0 Å². The van der Waals surface area contributed by atoms with Crippen molar-refractivity contribution >= 4 is 11.9 Å². The maximum atomic E-state index is 13.6. The lowest BCUT2D eigenvalue weighted by atomic mass is 9.72. The Morgan fingerprint density at radius 3 is 2.21 bits per heavy atom. The van der Waals surface area contributed by atoms with Gasteiger partial charge in [0.25, 0.3) is 5.91 Å². The molecule has 172 valence electrons. The van der Waals surface area contributed by atoms with Gasteiger partial charge in [0, 0.05) is 13.1 Å². The monoisotopic (exact) mass is 445 g/mol. The SMILES string of the molecule is COC(=O)C1(c2ccccc2)CCN(C(=O)c2cnn(-c3ccc(C)cc3)c2C(C)C)CC1. The number of ether oxygens (including phenoxy) is 1. The Balaban J connectivity index is 1.60. The van der Waals surface area contributed by atoms with E-state index >= 15 is 0 Å². The number of rotatable bonds is 5. The molecule has 4 rings (SSSR count). The quantitative estimate of drug-likeness (QED) is 0.536. The molecule has 3 aromatic rings. The molecule has 1 aromatic heterocycles. The predicted octanol–water partition coefficient (Wildman–Crippen LogP) is 4.65. The molecule has 2 heterocycles. The molecule has 0 saturated carbocycles. The van der Waals surface area contributed by atoms with Crippen molar-refractivity contribution in [2.75, 3.05) is 20.2 Å². The smallest absolute Gasteiger partial charge is 0.316 e. The summed E-state index contributed by atoms with van der Waals surface area (Å²) in [5.41, 5.74) is 3.86. The zero-order valence-electron chi connectivity index (χ0n) is 19.7. The van der Waals surface area contributed by atoms with Gasteiger partial charge in [-0.2, -0.15) is 5.10 Å². The van der Waals surface area contributed by atoms with E-state index in [0.717, 1.165) is 16.9 Å². The minimum Gasteiger partial charge on any atom is -0.468 e. The van der Waals surface area contributed by atoms with Gasteiger partial charge >= 0.3 is 5.97 Å². The normalized spacial score (nSPS) is 15.5. The highest BCUT2D eigenvalue weighted by Gasteiger charge is 2.45. The van der Waals surface area contributed by atoms with Crippen LogP contribution in [-0.4, -0.2) is 46.8 Å². The summed E-state index contributed by atoms with van der Waals surface area (Å²) in [6.45, 7) is 7.16. The molecule has 0 aliphatic carbocycles. The van der Waals surface area contributed by atoms with Gasteiger partial charge in [0.1, 0.15) is 0 Å². The summed E-state index contributed by atoms with van der Waals surface area (Å²) in [6.07, 6.45) is 2.73. The number of likely N-dealkylation sites (tertiary alicyclic amines) is 1. The Hall–Kier alpha value is -3.41. The highest BCUT2D eigenvalue weighted by molar-refractivity contribution is 5.96. The van der Waals surface area contributed by atoms with Crippen LogP contribution in [0.1, 0.15) is 59.8 Å². The highest BCUT2D eigenvalue weighted by Crippen LogP contribution is 2.37. The van der Waals surface area contributed by atoms with E-state index < -0.39 is 5.41 Å². The zero-order chi connectivity index (χ0) is 23.6. The summed E-state index contributed by atoms with van der Waals surface area (Å²) in [7, 11) is 1.43. The first kappa shape index (κ1) is 22.8. The number of piperidine rings is 1. The lowest BCUT2D eigenvalue weighted by Gasteiger charge is -2.40. The second-order valence-corrected chi connectivity index (χ2v) is 9.08. The van der Waals surface area contributed by atoms with E-state index in [9.17, 15) is 9.59 Å². The maximum absolute atomic E-state index is 13.6. The number of carbonyl (C=O) groups is 2. The molecule has 1 amide bonds. The molecule has 1 aliphatic heterocycles. The average Bonchev–Trinajstić information content (AvgIpc) is 3.29. The lowest BCUT2D eigenvalue weighted by Crippen LogP contribution is -2.49. The number of hydrogen-bond acceptors (Lipinski definition) is 4. The Bertz CT molecular complexity index is 1130. The fourth-order valence-electron chi connectivity index (χ4n) is 4.80. The summed E-state index contributed by atoms with van der Waals surface area (Å²) in [5, 5.41) is 4.57. The average molecular weight is 446 g/mol. The number of nitrogens with zero attached hydrogens (tertiary/aromatic N) is 3. The van der Waals surface area contributed by atoms with Gasteiger partial charge in [0.05, 0.1) is 35.7 Å². The lowest BCUT2D eigenvalue weighted by molar-refractivity contribution is -0.149. The standard InChI is InChI=1S/C27H31N3O3/c1-19(2)24-23(18-28-30(24)22-12-10-20(3)11-13-22)25(31)29-16-14-27(15-17-29,26(32)33-4)21-8-6-5-7-9-21/h5-13,18-19H,14-17H2,1-4H3. The van der Waals surface area contributed by atoms with E-state index in [1.165, 1.54) is 12.7 Å². The summed E-state index contributed by atoms with van der Waals surface area (Å²) in [6, 6.07) is 17.9. The first-order chi connectivity index (χ1) is 15.9. The molecule has 1 aliphatic rings. The number of hydrogen-bond donors (Lipinski definition) is 0. The first-order valence-corrected chi connectivity index (χ1v) is 11.5. The Morgan fingerprint density at radius 2 is 1.64 bits per heavy atom. The van der Waals surface area contributed by atoms with Crippen LogP contribution in [0.3, 0.4) is 0 Å². The number of amides is 1. The Morgan fingerprint density at radius 1 is 1.00 bits per heavy atom. The molecule has 0 N–H and O–H groups in total. The zero-order valence-corrected chi connectivity index (χ0v) is 19.7. The van der Waals surface area contributed by atoms with E-state index in [4.69, 9.17) is 4.74 Å². The largest absolute Gasteiger partial charge is 0.468 e. The number of aryl methyl sites for hydroxylation is 1. The molecule has 2 aromatic carbocycles. The number of esters is 1. The topological polar surface area (TPSA) is 64.4 Å². The second kappa shape index (κ2) is 9.22. The van der Waals surface area contributed by atoms with E-state index in [-0.39, 0.29) is 17.8 Å². The van der Waals surface area contributed by atoms with E-state index in [1.807, 2.05) is 71.1 Å². The van der Waals surface area contributed by atoms with Crippen LogP contribution in [0.5, 0.6) is 0 Å². The van der Waals surface area contributed by atoms with Crippen LogP contribution in [0.15, 0.2) is 60.8 Å². The summed E-state index contributed by atoms with van der Waals surface area (Å²) >= 11 is 0.